The van der Waals surface area contributed by atoms with Gasteiger partial charge < -0.3 is 10.2 Å². The molecule has 0 aromatic rings. The Bertz CT molecular complexity index is 798. The van der Waals surface area contributed by atoms with Crippen molar-refractivity contribution in [1.29, 1.82) is 0 Å². The van der Waals surface area contributed by atoms with Gasteiger partial charge in [0.2, 0.25) is 0 Å². The molecule has 2 nitrogen and oxygen atoms in total. The van der Waals surface area contributed by atoms with Gasteiger partial charge in [-0.2, -0.15) is 0 Å². The highest BCUT2D eigenvalue weighted by atomic mass is 32.2. The molecule has 0 radical (unpaired) electrons. The Morgan fingerprint density at radius 1 is 0.636 bits per heavy atom. The van der Waals surface area contributed by atoms with E-state index in [1.54, 1.807) is 11.8 Å². The number of aliphatic hydroxyl groups is 2. The quantitative estimate of drug-likeness (QED) is 0.402. The van der Waals surface area contributed by atoms with E-state index in [0.29, 0.717) is 11.5 Å². The van der Waals surface area contributed by atoms with Crippen molar-refractivity contribution in [3.05, 3.63) is 47.0 Å². The Hall–Kier alpha value is -1.09. The molecule has 188 valence electrons. The molecule has 0 spiro atoms. The highest BCUT2D eigenvalue weighted by molar-refractivity contribution is 8.02. The van der Waals surface area contributed by atoms with Crippen LogP contribution in [-0.4, -0.2) is 19.7 Å². The van der Waals surface area contributed by atoms with Gasteiger partial charge in [0.1, 0.15) is 11.5 Å². The Morgan fingerprint density at radius 2 is 0.939 bits per heavy atom. The summed E-state index contributed by atoms with van der Waals surface area (Å²) < 4.78 is -0.959. The van der Waals surface area contributed by atoms with E-state index < -0.39 is 9.49 Å². The highest BCUT2D eigenvalue weighted by Gasteiger charge is 2.47. The van der Waals surface area contributed by atoms with Crippen LogP contribution in [0.25, 0.3) is 0 Å². The van der Waals surface area contributed by atoms with Crippen LogP contribution >= 0.6 is 11.8 Å². The van der Waals surface area contributed by atoms with Crippen molar-refractivity contribution >= 4 is 11.8 Å². The molecule has 0 heterocycles. The second-order valence-corrected chi connectivity index (χ2v) is 16.7. The van der Waals surface area contributed by atoms with Gasteiger partial charge in [0.05, 0.1) is 9.49 Å². The summed E-state index contributed by atoms with van der Waals surface area (Å²) in [5, 5.41) is 22.1. The standard InChI is InChI=1S/C30H50O2S/c1-25(2,3)19-27(7,8)21-13-15-23(31)29(11,17-21)33-30(12)18-22(14-16-24(30)32)28(9,10)20-26(4,5)6/h13-16,31-32H,17-20H2,1-12H3. The molecule has 2 aliphatic carbocycles. The first-order chi connectivity index (χ1) is 14.6. The van der Waals surface area contributed by atoms with Gasteiger partial charge >= 0.3 is 0 Å². The fourth-order valence-corrected chi connectivity index (χ4v) is 8.01. The average molecular weight is 475 g/mol. The number of thioether (sulfide) groups is 1. The van der Waals surface area contributed by atoms with Gasteiger partial charge in [-0.3, -0.25) is 0 Å². The molecule has 0 aromatic carbocycles. The number of rotatable bonds is 6. The molecule has 2 N–H and O–H groups in total. The summed E-state index contributed by atoms with van der Waals surface area (Å²) in [5.41, 5.74) is 3.29. The average Bonchev–Trinajstić information content (AvgIpc) is 2.55. The second-order valence-electron chi connectivity index (χ2n) is 14.6. The predicted molar refractivity (Wildman–Crippen MR) is 147 cm³/mol. The molecule has 2 atom stereocenters. The van der Waals surface area contributed by atoms with Crippen LogP contribution in [-0.2, 0) is 0 Å². The number of aliphatic hydroxyl groups excluding tert-OH is 2. The van der Waals surface area contributed by atoms with Gasteiger partial charge in [-0.15, -0.1) is 11.8 Å². The molecular weight excluding hydrogens is 424 g/mol. The lowest BCUT2D eigenvalue weighted by molar-refractivity contribution is 0.236. The maximum Gasteiger partial charge on any atom is 0.108 e. The normalized spacial score (nSPS) is 27.5. The third-order valence-corrected chi connectivity index (χ3v) is 8.77. The van der Waals surface area contributed by atoms with Gasteiger partial charge in [0.25, 0.3) is 0 Å². The van der Waals surface area contributed by atoms with Gasteiger partial charge in [-0.1, -0.05) is 92.5 Å². The van der Waals surface area contributed by atoms with Crippen LogP contribution in [0.15, 0.2) is 47.0 Å². The van der Waals surface area contributed by atoms with E-state index in [4.69, 9.17) is 0 Å². The van der Waals surface area contributed by atoms with E-state index in [2.05, 4.69) is 95.2 Å². The van der Waals surface area contributed by atoms with Crippen molar-refractivity contribution in [2.75, 3.05) is 0 Å². The third kappa shape index (κ3) is 6.96. The summed E-state index contributed by atoms with van der Waals surface area (Å²) >= 11 is 1.72. The molecule has 2 rings (SSSR count). The van der Waals surface area contributed by atoms with Crippen LogP contribution in [0.2, 0.25) is 0 Å². The zero-order valence-electron chi connectivity index (χ0n) is 23.4. The van der Waals surface area contributed by atoms with E-state index in [9.17, 15) is 10.2 Å². The summed E-state index contributed by atoms with van der Waals surface area (Å²) in [7, 11) is 0. The van der Waals surface area contributed by atoms with Gasteiger partial charge in [-0.25, -0.2) is 0 Å². The van der Waals surface area contributed by atoms with Crippen molar-refractivity contribution < 1.29 is 10.2 Å². The Kier molecular flexibility index (Phi) is 7.55. The molecular formula is C30H50O2S. The van der Waals surface area contributed by atoms with Crippen molar-refractivity contribution in [2.45, 2.75) is 118 Å². The molecule has 0 fully saturated rings. The van der Waals surface area contributed by atoms with E-state index in [1.807, 2.05) is 12.2 Å². The minimum Gasteiger partial charge on any atom is -0.511 e. The summed E-state index contributed by atoms with van der Waals surface area (Å²) in [4.78, 5) is 0. The largest absolute Gasteiger partial charge is 0.511 e. The second kappa shape index (κ2) is 8.85. The predicted octanol–water partition coefficient (Wildman–Crippen LogP) is 9.71. The summed E-state index contributed by atoms with van der Waals surface area (Å²) in [5.74, 6) is 0.809. The van der Waals surface area contributed by atoms with Gasteiger partial charge in [0.15, 0.2) is 0 Å². The highest BCUT2D eigenvalue weighted by Crippen LogP contribution is 2.56. The Balaban J connectivity index is 2.32. The van der Waals surface area contributed by atoms with Crippen molar-refractivity contribution in [1.82, 2.24) is 0 Å². The third-order valence-electron chi connectivity index (χ3n) is 7.16. The number of allylic oxidation sites excluding steroid dienone is 6. The first-order valence-corrected chi connectivity index (χ1v) is 13.3. The molecule has 0 saturated heterocycles. The van der Waals surface area contributed by atoms with E-state index in [1.165, 1.54) is 11.1 Å². The van der Waals surface area contributed by atoms with Crippen LogP contribution in [0.1, 0.15) is 109 Å². The van der Waals surface area contributed by atoms with Crippen LogP contribution in [0.5, 0.6) is 0 Å². The zero-order chi connectivity index (χ0) is 25.7. The Labute approximate surface area is 208 Å². The van der Waals surface area contributed by atoms with Crippen LogP contribution in [0.3, 0.4) is 0 Å². The molecule has 33 heavy (non-hydrogen) atoms. The van der Waals surface area contributed by atoms with E-state index in [-0.39, 0.29) is 21.7 Å². The molecule has 0 aliphatic heterocycles. The molecule has 0 aromatic heterocycles. The maximum atomic E-state index is 11.0. The van der Waals surface area contributed by atoms with Crippen molar-refractivity contribution in [3.63, 3.8) is 0 Å². The lowest BCUT2D eigenvalue weighted by Crippen LogP contribution is -2.40. The summed E-state index contributed by atoms with van der Waals surface area (Å²) in [6, 6.07) is 0. The number of hydrogen-bond donors (Lipinski definition) is 2. The smallest absolute Gasteiger partial charge is 0.108 e. The Morgan fingerprint density at radius 3 is 1.21 bits per heavy atom. The van der Waals surface area contributed by atoms with Crippen molar-refractivity contribution in [3.8, 4) is 0 Å². The molecule has 0 saturated carbocycles. The molecule has 2 unspecified atom stereocenters. The van der Waals surface area contributed by atoms with Gasteiger partial charge in [-0.05, 0) is 73.3 Å². The molecule has 3 heteroatoms. The lowest BCUT2D eigenvalue weighted by Gasteiger charge is -2.46. The topological polar surface area (TPSA) is 40.5 Å². The fraction of sp³-hybridized carbons (Fsp3) is 0.733. The lowest BCUT2D eigenvalue weighted by atomic mass is 9.68. The van der Waals surface area contributed by atoms with E-state index in [0.717, 1.165) is 25.7 Å². The summed E-state index contributed by atoms with van der Waals surface area (Å²) in [6.45, 7) is 27.3. The maximum absolute atomic E-state index is 11.0. The van der Waals surface area contributed by atoms with E-state index >= 15 is 0 Å². The molecule has 0 bridgehead atoms. The van der Waals surface area contributed by atoms with Gasteiger partial charge in [0, 0.05) is 0 Å². The monoisotopic (exact) mass is 474 g/mol. The first-order valence-electron chi connectivity index (χ1n) is 12.5. The zero-order valence-corrected chi connectivity index (χ0v) is 24.3. The number of hydrogen-bond acceptors (Lipinski definition) is 3. The molecule has 0 amide bonds. The SMILES string of the molecule is CC(C)(C)CC(C)(C)C1=CC=C(O)C(C)(SC2(C)CC(C(C)(C)CC(C)(C)C)=CC=C2O)C1. The van der Waals surface area contributed by atoms with Crippen LogP contribution in [0.4, 0.5) is 0 Å². The minimum absolute atomic E-state index is 0.0440. The van der Waals surface area contributed by atoms with Crippen LogP contribution in [0, 0.1) is 21.7 Å². The first kappa shape index (κ1) is 28.1. The molecule has 2 aliphatic rings. The van der Waals surface area contributed by atoms with Crippen molar-refractivity contribution in [2.24, 2.45) is 21.7 Å². The van der Waals surface area contributed by atoms with Crippen LogP contribution < -0.4 is 0 Å². The fourth-order valence-electron chi connectivity index (χ4n) is 6.22. The summed E-state index contributed by atoms with van der Waals surface area (Å²) in [6.07, 6.45) is 11.8. The minimum atomic E-state index is -0.480.